The molecule has 1 atom stereocenters. The molecular weight excluding hydrogens is 340 g/mol. The Morgan fingerprint density at radius 1 is 1.30 bits per heavy atom. The predicted octanol–water partition coefficient (Wildman–Crippen LogP) is 2.38. The van der Waals surface area contributed by atoms with E-state index in [2.05, 4.69) is 26.3 Å². The topological polar surface area (TPSA) is 70.5 Å². The fourth-order valence-corrected chi connectivity index (χ4v) is 4.07. The van der Waals surface area contributed by atoms with E-state index in [0.717, 1.165) is 67.7 Å². The van der Waals surface area contributed by atoms with Crippen molar-refractivity contribution in [2.75, 3.05) is 38.1 Å². The van der Waals surface area contributed by atoms with Crippen LogP contribution in [0, 0.1) is 12.8 Å². The Morgan fingerprint density at radius 3 is 3.07 bits per heavy atom. The van der Waals surface area contributed by atoms with Crippen molar-refractivity contribution in [3.8, 4) is 5.75 Å². The van der Waals surface area contributed by atoms with Crippen LogP contribution in [0.15, 0.2) is 24.3 Å². The maximum absolute atomic E-state index is 9.41. The zero-order valence-electron chi connectivity index (χ0n) is 15.9. The monoisotopic (exact) mass is 368 g/mol. The molecule has 0 aliphatic carbocycles. The predicted molar refractivity (Wildman–Crippen MR) is 105 cm³/mol. The van der Waals surface area contributed by atoms with Gasteiger partial charge in [-0.15, -0.1) is 0 Å². The number of rotatable bonds is 5. The number of anilines is 1. The smallest absolute Gasteiger partial charge is 0.133 e. The number of ether oxygens (including phenoxy) is 1. The van der Waals surface area contributed by atoms with Crippen molar-refractivity contribution in [3.05, 3.63) is 46.9 Å². The van der Waals surface area contributed by atoms with Gasteiger partial charge in [0.25, 0.3) is 0 Å². The first-order valence-electron chi connectivity index (χ1n) is 9.87. The molecule has 1 fully saturated rings. The quantitative estimate of drug-likeness (QED) is 0.844. The van der Waals surface area contributed by atoms with Crippen molar-refractivity contribution in [1.82, 2.24) is 14.9 Å². The van der Waals surface area contributed by atoms with Crippen LogP contribution in [0.25, 0.3) is 0 Å². The van der Waals surface area contributed by atoms with Gasteiger partial charge in [0.1, 0.15) is 24.0 Å². The Labute approximate surface area is 160 Å². The minimum atomic E-state index is 0.294. The lowest BCUT2D eigenvalue weighted by molar-refractivity contribution is 0.123. The summed E-state index contributed by atoms with van der Waals surface area (Å²) in [6.45, 7) is 6.60. The van der Waals surface area contributed by atoms with E-state index >= 15 is 0 Å². The molecule has 0 amide bonds. The molecule has 2 aliphatic heterocycles. The lowest BCUT2D eigenvalue weighted by Crippen LogP contribution is -2.39. The third-order valence-corrected chi connectivity index (χ3v) is 5.49. The lowest BCUT2D eigenvalue weighted by atomic mass is 9.99. The van der Waals surface area contributed by atoms with E-state index in [1.165, 1.54) is 12.0 Å². The van der Waals surface area contributed by atoms with E-state index in [1.54, 1.807) is 0 Å². The summed E-state index contributed by atoms with van der Waals surface area (Å²) >= 11 is 0. The third-order valence-electron chi connectivity index (χ3n) is 5.49. The van der Waals surface area contributed by atoms with Crippen LogP contribution in [-0.2, 0) is 13.0 Å². The van der Waals surface area contributed by atoms with Crippen LogP contribution in [0.3, 0.4) is 0 Å². The van der Waals surface area contributed by atoms with Gasteiger partial charge in [-0.2, -0.15) is 0 Å². The van der Waals surface area contributed by atoms with E-state index in [1.807, 2.05) is 25.1 Å². The van der Waals surface area contributed by atoms with Gasteiger partial charge in [-0.25, -0.2) is 9.97 Å². The van der Waals surface area contributed by atoms with E-state index in [9.17, 15) is 5.11 Å². The van der Waals surface area contributed by atoms with Crippen molar-refractivity contribution in [2.24, 2.45) is 5.92 Å². The Hall–Kier alpha value is -2.18. The number of hydrogen-bond acceptors (Lipinski definition) is 6. The molecule has 1 aromatic heterocycles. The number of aliphatic hydroxyl groups excluding tert-OH is 1. The summed E-state index contributed by atoms with van der Waals surface area (Å²) in [7, 11) is 0. The number of piperidine rings is 1. The van der Waals surface area contributed by atoms with Crippen molar-refractivity contribution >= 4 is 5.82 Å². The number of aryl methyl sites for hydroxylation is 1. The minimum absolute atomic E-state index is 0.294. The van der Waals surface area contributed by atoms with Crippen LogP contribution in [0.5, 0.6) is 5.75 Å². The van der Waals surface area contributed by atoms with E-state index in [-0.39, 0.29) is 0 Å². The first-order valence-corrected chi connectivity index (χ1v) is 9.87. The molecule has 0 saturated carbocycles. The third kappa shape index (κ3) is 4.22. The Balaban J connectivity index is 1.47. The number of para-hydroxylation sites is 1. The second-order valence-electron chi connectivity index (χ2n) is 7.54. The van der Waals surface area contributed by atoms with Crippen molar-refractivity contribution < 1.29 is 9.84 Å². The number of aromatic nitrogens is 2. The van der Waals surface area contributed by atoms with Crippen molar-refractivity contribution in [3.63, 3.8) is 0 Å². The van der Waals surface area contributed by atoms with Crippen LogP contribution in [0.4, 0.5) is 5.82 Å². The molecule has 0 spiro atoms. The number of aliphatic hydroxyl groups is 1. The standard InChI is InChI=1S/C21H28N4O2/c1-15-23-19-14-27-20-7-3-2-6-17(20)11-18(19)21(24-15)22-8-10-25-9-4-5-16(12-25)13-26/h2-3,6-7,16,26H,4-5,8-14H2,1H3,(H,22,23,24)/t16-/m0/s1. The van der Waals surface area contributed by atoms with Gasteiger partial charge in [-0.3, -0.25) is 0 Å². The molecule has 6 nitrogen and oxygen atoms in total. The molecule has 2 aromatic rings. The normalized spacial score (nSPS) is 19.6. The van der Waals surface area contributed by atoms with Crippen LogP contribution in [0.1, 0.15) is 35.5 Å². The summed E-state index contributed by atoms with van der Waals surface area (Å²) in [5.74, 6) is 3.05. The van der Waals surface area contributed by atoms with Gasteiger partial charge >= 0.3 is 0 Å². The first kappa shape index (κ1) is 18.2. The molecule has 144 valence electrons. The fourth-order valence-electron chi connectivity index (χ4n) is 4.07. The average molecular weight is 368 g/mol. The summed E-state index contributed by atoms with van der Waals surface area (Å²) < 4.78 is 5.96. The zero-order chi connectivity index (χ0) is 18.6. The lowest BCUT2D eigenvalue weighted by Gasteiger charge is -2.31. The number of nitrogens with one attached hydrogen (secondary N) is 1. The van der Waals surface area contributed by atoms with Crippen LogP contribution >= 0.6 is 0 Å². The summed E-state index contributed by atoms with van der Waals surface area (Å²) in [5.41, 5.74) is 3.28. The Kier molecular flexibility index (Phi) is 5.55. The van der Waals surface area contributed by atoms with Gasteiger partial charge in [0.05, 0.1) is 5.69 Å². The number of fused-ring (bicyclic) bond motifs is 2. The molecule has 1 aromatic carbocycles. The first-order chi connectivity index (χ1) is 13.2. The largest absolute Gasteiger partial charge is 0.487 e. The number of likely N-dealkylation sites (tertiary alicyclic amines) is 1. The number of benzene rings is 1. The Morgan fingerprint density at radius 2 is 2.19 bits per heavy atom. The fraction of sp³-hybridized carbons (Fsp3) is 0.524. The highest BCUT2D eigenvalue weighted by atomic mass is 16.5. The SMILES string of the molecule is Cc1nc2c(c(NCCN3CCC[C@H](CO)C3)n1)Cc1ccccc1OC2. The van der Waals surface area contributed by atoms with Gasteiger partial charge in [-0.05, 0) is 43.9 Å². The maximum atomic E-state index is 9.41. The van der Waals surface area contributed by atoms with Crippen molar-refractivity contribution in [1.29, 1.82) is 0 Å². The summed E-state index contributed by atoms with van der Waals surface area (Å²) in [5, 5.41) is 13.0. The second-order valence-corrected chi connectivity index (χ2v) is 7.54. The molecule has 1 saturated heterocycles. The van der Waals surface area contributed by atoms with E-state index < -0.39 is 0 Å². The molecular formula is C21H28N4O2. The molecule has 0 radical (unpaired) electrons. The van der Waals surface area contributed by atoms with Gasteiger partial charge in [0, 0.05) is 38.2 Å². The molecule has 3 heterocycles. The molecule has 0 unspecified atom stereocenters. The van der Waals surface area contributed by atoms with Crippen LogP contribution in [-0.4, -0.2) is 52.8 Å². The zero-order valence-corrected chi connectivity index (χ0v) is 15.9. The molecule has 4 rings (SSSR count). The highest BCUT2D eigenvalue weighted by Crippen LogP contribution is 2.30. The van der Waals surface area contributed by atoms with E-state index in [0.29, 0.717) is 19.1 Å². The van der Waals surface area contributed by atoms with Gasteiger partial charge in [0.2, 0.25) is 0 Å². The maximum Gasteiger partial charge on any atom is 0.133 e. The molecule has 2 N–H and O–H groups in total. The average Bonchev–Trinajstić information content (AvgIpc) is 2.88. The van der Waals surface area contributed by atoms with Gasteiger partial charge < -0.3 is 20.1 Å². The highest BCUT2D eigenvalue weighted by molar-refractivity contribution is 5.52. The van der Waals surface area contributed by atoms with Crippen molar-refractivity contribution in [2.45, 2.75) is 32.8 Å². The molecule has 0 bridgehead atoms. The summed E-state index contributed by atoms with van der Waals surface area (Å²) in [6.07, 6.45) is 3.09. The van der Waals surface area contributed by atoms with Crippen LogP contribution < -0.4 is 10.1 Å². The number of hydrogen-bond donors (Lipinski definition) is 2. The summed E-state index contributed by atoms with van der Waals surface area (Å²) in [6, 6.07) is 8.17. The summed E-state index contributed by atoms with van der Waals surface area (Å²) in [4.78, 5) is 11.7. The molecule has 2 aliphatic rings. The minimum Gasteiger partial charge on any atom is -0.487 e. The van der Waals surface area contributed by atoms with Gasteiger partial charge in [0.15, 0.2) is 0 Å². The second kappa shape index (κ2) is 8.23. The number of nitrogens with zero attached hydrogens (tertiary/aromatic N) is 3. The molecule has 6 heteroatoms. The van der Waals surface area contributed by atoms with Crippen LogP contribution in [0.2, 0.25) is 0 Å². The Bertz CT molecular complexity index is 796. The van der Waals surface area contributed by atoms with E-state index in [4.69, 9.17) is 4.74 Å². The molecule has 27 heavy (non-hydrogen) atoms. The highest BCUT2D eigenvalue weighted by Gasteiger charge is 2.21. The van der Waals surface area contributed by atoms with Gasteiger partial charge in [-0.1, -0.05) is 18.2 Å².